The summed E-state index contributed by atoms with van der Waals surface area (Å²) in [6.45, 7) is 0.642. The smallest absolute Gasteiger partial charge is 0.0830 e. The molecule has 0 aromatic heterocycles. The molecule has 2 N–H and O–H groups in total. The van der Waals surface area contributed by atoms with Crippen LogP contribution in [0.4, 0.5) is 0 Å². The van der Waals surface area contributed by atoms with Crippen LogP contribution in [-0.4, -0.2) is 12.6 Å². The maximum atomic E-state index is 5.77. The number of ether oxygens (including phenoxy) is 1. The third-order valence-electron chi connectivity index (χ3n) is 2.54. The highest BCUT2D eigenvalue weighted by atomic mass is 35.5. The molecule has 2 atom stereocenters. The molecule has 0 unspecified atom stereocenters. The zero-order valence-corrected chi connectivity index (χ0v) is 8.87. The standard InChI is InChI=1S/C11H15NO.ClH/c12-8-10-6-7-11(13-10)9-4-2-1-3-5-9;/h1-5,10-11H,6-8,12H2;1H/t10-,11-;/m1./s1. The maximum Gasteiger partial charge on any atom is 0.0830 e. The Kier molecular flexibility index (Phi) is 4.39. The Labute approximate surface area is 90.9 Å². The van der Waals surface area contributed by atoms with E-state index in [4.69, 9.17) is 10.5 Å². The van der Waals surface area contributed by atoms with Crippen molar-refractivity contribution in [3.8, 4) is 0 Å². The van der Waals surface area contributed by atoms with Crippen molar-refractivity contribution in [2.45, 2.75) is 25.0 Å². The van der Waals surface area contributed by atoms with E-state index in [2.05, 4.69) is 24.3 Å². The molecule has 1 aliphatic heterocycles. The molecule has 1 saturated heterocycles. The molecule has 2 nitrogen and oxygen atoms in total. The van der Waals surface area contributed by atoms with E-state index in [0.717, 1.165) is 12.8 Å². The van der Waals surface area contributed by atoms with E-state index in [1.807, 2.05) is 6.07 Å². The number of hydrogen-bond donors (Lipinski definition) is 1. The Morgan fingerprint density at radius 2 is 1.93 bits per heavy atom. The van der Waals surface area contributed by atoms with E-state index in [1.165, 1.54) is 5.56 Å². The minimum atomic E-state index is 0. The van der Waals surface area contributed by atoms with Crippen molar-refractivity contribution in [3.63, 3.8) is 0 Å². The summed E-state index contributed by atoms with van der Waals surface area (Å²) < 4.78 is 5.77. The SMILES string of the molecule is Cl.NC[C@H]1CC[C@H](c2ccccc2)O1. The molecule has 0 radical (unpaired) electrons. The van der Waals surface area contributed by atoms with Crippen LogP contribution in [-0.2, 0) is 4.74 Å². The van der Waals surface area contributed by atoms with Crippen molar-refractivity contribution in [2.75, 3.05) is 6.54 Å². The fourth-order valence-electron chi connectivity index (χ4n) is 1.79. The molecule has 1 aliphatic rings. The van der Waals surface area contributed by atoms with Crippen LogP contribution < -0.4 is 5.73 Å². The lowest BCUT2D eigenvalue weighted by Gasteiger charge is -2.12. The highest BCUT2D eigenvalue weighted by Crippen LogP contribution is 2.31. The van der Waals surface area contributed by atoms with Crippen LogP contribution in [0.15, 0.2) is 30.3 Å². The Morgan fingerprint density at radius 3 is 2.50 bits per heavy atom. The quantitative estimate of drug-likeness (QED) is 0.818. The van der Waals surface area contributed by atoms with Crippen LogP contribution >= 0.6 is 12.4 Å². The van der Waals surface area contributed by atoms with Gasteiger partial charge in [0.1, 0.15) is 0 Å². The average molecular weight is 214 g/mol. The van der Waals surface area contributed by atoms with Gasteiger partial charge < -0.3 is 10.5 Å². The zero-order chi connectivity index (χ0) is 9.10. The molecular formula is C11H16ClNO. The monoisotopic (exact) mass is 213 g/mol. The molecule has 1 aromatic rings. The van der Waals surface area contributed by atoms with Crippen molar-refractivity contribution >= 4 is 12.4 Å². The fraction of sp³-hybridized carbons (Fsp3) is 0.455. The zero-order valence-electron chi connectivity index (χ0n) is 8.06. The molecule has 0 saturated carbocycles. The first-order chi connectivity index (χ1) is 6.40. The van der Waals surface area contributed by atoms with Gasteiger partial charge in [-0.05, 0) is 18.4 Å². The van der Waals surface area contributed by atoms with Gasteiger partial charge >= 0.3 is 0 Å². The minimum Gasteiger partial charge on any atom is -0.369 e. The highest BCUT2D eigenvalue weighted by molar-refractivity contribution is 5.85. The lowest BCUT2D eigenvalue weighted by Crippen LogP contribution is -2.18. The summed E-state index contributed by atoms with van der Waals surface area (Å²) in [5.41, 5.74) is 6.83. The predicted molar refractivity (Wildman–Crippen MR) is 59.6 cm³/mol. The summed E-state index contributed by atoms with van der Waals surface area (Å²) >= 11 is 0. The number of benzene rings is 1. The van der Waals surface area contributed by atoms with Gasteiger partial charge in [-0.1, -0.05) is 30.3 Å². The van der Waals surface area contributed by atoms with Gasteiger partial charge in [-0.2, -0.15) is 0 Å². The van der Waals surface area contributed by atoms with Crippen molar-refractivity contribution in [1.29, 1.82) is 0 Å². The van der Waals surface area contributed by atoms with Gasteiger partial charge in [0, 0.05) is 6.54 Å². The summed E-state index contributed by atoms with van der Waals surface area (Å²) in [6.07, 6.45) is 2.74. The van der Waals surface area contributed by atoms with Crippen LogP contribution in [0.3, 0.4) is 0 Å². The molecule has 78 valence electrons. The first-order valence-corrected chi connectivity index (χ1v) is 4.80. The van der Waals surface area contributed by atoms with Crippen LogP contribution in [0.1, 0.15) is 24.5 Å². The van der Waals surface area contributed by atoms with E-state index in [0.29, 0.717) is 6.54 Å². The van der Waals surface area contributed by atoms with Gasteiger partial charge in [0.05, 0.1) is 12.2 Å². The fourth-order valence-corrected chi connectivity index (χ4v) is 1.79. The second-order valence-corrected chi connectivity index (χ2v) is 3.47. The molecule has 0 amide bonds. The second kappa shape index (κ2) is 5.35. The van der Waals surface area contributed by atoms with Crippen molar-refractivity contribution in [3.05, 3.63) is 35.9 Å². The average Bonchev–Trinajstić information content (AvgIpc) is 2.67. The Hall–Kier alpha value is -0.570. The van der Waals surface area contributed by atoms with Crippen molar-refractivity contribution < 1.29 is 4.74 Å². The van der Waals surface area contributed by atoms with E-state index >= 15 is 0 Å². The molecule has 2 rings (SSSR count). The molecule has 3 heteroatoms. The largest absolute Gasteiger partial charge is 0.369 e. The lowest BCUT2D eigenvalue weighted by molar-refractivity contribution is 0.0498. The summed E-state index contributed by atoms with van der Waals surface area (Å²) in [5, 5.41) is 0. The summed E-state index contributed by atoms with van der Waals surface area (Å²) in [6, 6.07) is 10.4. The topological polar surface area (TPSA) is 35.2 Å². The normalized spacial score (nSPS) is 25.8. The van der Waals surface area contributed by atoms with E-state index in [9.17, 15) is 0 Å². The third-order valence-corrected chi connectivity index (χ3v) is 2.54. The first-order valence-electron chi connectivity index (χ1n) is 4.80. The molecule has 1 heterocycles. The molecule has 1 fully saturated rings. The molecule has 0 aliphatic carbocycles. The summed E-state index contributed by atoms with van der Waals surface area (Å²) in [4.78, 5) is 0. The maximum absolute atomic E-state index is 5.77. The summed E-state index contributed by atoms with van der Waals surface area (Å²) in [5.74, 6) is 0. The molecule has 0 bridgehead atoms. The van der Waals surface area contributed by atoms with Crippen LogP contribution in [0.5, 0.6) is 0 Å². The number of halogens is 1. The van der Waals surface area contributed by atoms with Crippen LogP contribution in [0.2, 0.25) is 0 Å². The first kappa shape index (κ1) is 11.5. The lowest BCUT2D eigenvalue weighted by atomic mass is 10.1. The second-order valence-electron chi connectivity index (χ2n) is 3.47. The number of hydrogen-bond acceptors (Lipinski definition) is 2. The predicted octanol–water partition coefficient (Wildman–Crippen LogP) is 2.29. The Morgan fingerprint density at radius 1 is 1.21 bits per heavy atom. The van der Waals surface area contributed by atoms with Gasteiger partial charge in [0.2, 0.25) is 0 Å². The van der Waals surface area contributed by atoms with Gasteiger partial charge in [-0.25, -0.2) is 0 Å². The number of nitrogens with two attached hydrogens (primary N) is 1. The van der Waals surface area contributed by atoms with Gasteiger partial charge in [-0.15, -0.1) is 12.4 Å². The van der Waals surface area contributed by atoms with Crippen molar-refractivity contribution in [2.24, 2.45) is 5.73 Å². The van der Waals surface area contributed by atoms with Crippen LogP contribution in [0.25, 0.3) is 0 Å². The molecule has 1 aromatic carbocycles. The minimum absolute atomic E-state index is 0. The van der Waals surface area contributed by atoms with Gasteiger partial charge in [-0.3, -0.25) is 0 Å². The van der Waals surface area contributed by atoms with Crippen LogP contribution in [0, 0.1) is 0 Å². The third kappa shape index (κ3) is 2.47. The van der Waals surface area contributed by atoms with E-state index < -0.39 is 0 Å². The van der Waals surface area contributed by atoms with E-state index in [1.54, 1.807) is 0 Å². The molecule has 14 heavy (non-hydrogen) atoms. The molecule has 0 spiro atoms. The number of rotatable bonds is 2. The van der Waals surface area contributed by atoms with Gasteiger partial charge in [0.25, 0.3) is 0 Å². The van der Waals surface area contributed by atoms with E-state index in [-0.39, 0.29) is 24.6 Å². The van der Waals surface area contributed by atoms with Crippen molar-refractivity contribution in [1.82, 2.24) is 0 Å². The Balaban J connectivity index is 0.000000980. The highest BCUT2D eigenvalue weighted by Gasteiger charge is 2.24. The van der Waals surface area contributed by atoms with Gasteiger partial charge in [0.15, 0.2) is 0 Å². The molecular weight excluding hydrogens is 198 g/mol. The Bertz CT molecular complexity index is 265. The summed E-state index contributed by atoms with van der Waals surface area (Å²) in [7, 11) is 0.